The van der Waals surface area contributed by atoms with Crippen molar-refractivity contribution >= 4 is 11.6 Å². The van der Waals surface area contributed by atoms with E-state index in [0.717, 1.165) is 0 Å². The standard InChI is InChI=1S/C7H4ClN4/c8-6-2-3-7(11-10-6)12-5-1-4-9-12/h2-5H. The van der Waals surface area contributed by atoms with Crippen molar-refractivity contribution < 1.29 is 0 Å². The summed E-state index contributed by atoms with van der Waals surface area (Å²) >= 11 is 5.56. The molecule has 59 valence electrons. The minimum atomic E-state index is 0.370. The van der Waals surface area contributed by atoms with Gasteiger partial charge in [0.05, 0.1) is 6.20 Å². The summed E-state index contributed by atoms with van der Waals surface area (Å²) in [6.07, 6.45) is 3.22. The summed E-state index contributed by atoms with van der Waals surface area (Å²) in [6.45, 7) is 0. The molecule has 0 saturated carbocycles. The molecule has 0 aromatic carbocycles. The van der Waals surface area contributed by atoms with Crippen LogP contribution in [-0.4, -0.2) is 20.0 Å². The molecule has 2 rings (SSSR count). The quantitative estimate of drug-likeness (QED) is 0.659. The SMILES string of the molecule is Clc1ccc(-n2c[c]cn2)nn1. The van der Waals surface area contributed by atoms with Gasteiger partial charge in [0, 0.05) is 12.3 Å². The topological polar surface area (TPSA) is 43.6 Å². The Morgan fingerprint density at radius 2 is 2.25 bits per heavy atom. The van der Waals surface area contributed by atoms with Crippen molar-refractivity contribution in [2.24, 2.45) is 0 Å². The van der Waals surface area contributed by atoms with Crippen LogP contribution in [0.3, 0.4) is 0 Å². The first kappa shape index (κ1) is 7.24. The Morgan fingerprint density at radius 3 is 2.83 bits per heavy atom. The first-order valence-electron chi connectivity index (χ1n) is 3.26. The van der Waals surface area contributed by atoms with E-state index in [1.165, 1.54) is 0 Å². The highest BCUT2D eigenvalue weighted by Crippen LogP contribution is 2.04. The van der Waals surface area contributed by atoms with Gasteiger partial charge in [-0.3, -0.25) is 0 Å². The summed E-state index contributed by atoms with van der Waals surface area (Å²) in [4.78, 5) is 0. The lowest BCUT2D eigenvalue weighted by molar-refractivity contribution is 0.814. The Balaban J connectivity index is 2.43. The Kier molecular flexibility index (Phi) is 1.75. The molecule has 0 atom stereocenters. The second-order valence-corrected chi connectivity index (χ2v) is 2.49. The van der Waals surface area contributed by atoms with Gasteiger partial charge in [-0.05, 0) is 12.1 Å². The summed E-state index contributed by atoms with van der Waals surface area (Å²) in [5.41, 5.74) is 0. The molecule has 2 aromatic rings. The molecule has 0 aliphatic carbocycles. The van der Waals surface area contributed by atoms with Crippen molar-refractivity contribution in [3.8, 4) is 5.82 Å². The highest BCUT2D eigenvalue weighted by Gasteiger charge is 1.97. The van der Waals surface area contributed by atoms with Gasteiger partial charge in [0.25, 0.3) is 0 Å². The first-order chi connectivity index (χ1) is 5.86. The van der Waals surface area contributed by atoms with Crippen LogP contribution in [0.5, 0.6) is 0 Å². The molecule has 2 aromatic heterocycles. The molecule has 0 bridgehead atoms. The molecule has 0 N–H and O–H groups in total. The first-order valence-corrected chi connectivity index (χ1v) is 3.64. The minimum absolute atomic E-state index is 0.370. The van der Waals surface area contributed by atoms with Gasteiger partial charge < -0.3 is 0 Å². The fourth-order valence-electron chi connectivity index (χ4n) is 0.789. The molecule has 0 unspecified atom stereocenters. The lowest BCUT2D eigenvalue weighted by Gasteiger charge is -1.96. The van der Waals surface area contributed by atoms with Gasteiger partial charge in [-0.1, -0.05) is 11.6 Å². The average molecular weight is 180 g/mol. The van der Waals surface area contributed by atoms with Gasteiger partial charge in [0.15, 0.2) is 11.0 Å². The Bertz CT molecular complexity index is 353. The van der Waals surface area contributed by atoms with Crippen molar-refractivity contribution in [2.45, 2.75) is 0 Å². The summed E-state index contributed by atoms with van der Waals surface area (Å²) in [5, 5.41) is 11.8. The van der Waals surface area contributed by atoms with Crippen LogP contribution in [0.15, 0.2) is 24.5 Å². The molecule has 0 aliphatic heterocycles. The Hall–Kier alpha value is -1.42. The van der Waals surface area contributed by atoms with Crippen LogP contribution in [0.2, 0.25) is 5.15 Å². The number of aromatic nitrogens is 4. The number of nitrogens with zero attached hydrogens (tertiary/aromatic N) is 4. The molecule has 5 heteroatoms. The molecule has 0 spiro atoms. The minimum Gasteiger partial charge on any atom is -0.220 e. The average Bonchev–Trinajstić information content (AvgIpc) is 2.58. The molecule has 0 aliphatic rings. The lowest BCUT2D eigenvalue weighted by Crippen LogP contribution is -1.98. The predicted molar refractivity (Wildman–Crippen MR) is 43.0 cm³/mol. The third-order valence-electron chi connectivity index (χ3n) is 1.31. The summed E-state index contributed by atoms with van der Waals surface area (Å²) in [5.74, 6) is 0.626. The molecule has 0 saturated heterocycles. The maximum Gasteiger partial charge on any atom is 0.175 e. The van der Waals surface area contributed by atoms with Crippen LogP contribution in [-0.2, 0) is 0 Å². The van der Waals surface area contributed by atoms with E-state index < -0.39 is 0 Å². The van der Waals surface area contributed by atoms with E-state index in [1.54, 1.807) is 29.2 Å². The molecular weight excluding hydrogens is 176 g/mol. The highest BCUT2D eigenvalue weighted by molar-refractivity contribution is 6.29. The van der Waals surface area contributed by atoms with Crippen molar-refractivity contribution in [2.75, 3.05) is 0 Å². The van der Waals surface area contributed by atoms with E-state index in [2.05, 4.69) is 21.4 Å². The zero-order valence-electron chi connectivity index (χ0n) is 5.98. The van der Waals surface area contributed by atoms with Gasteiger partial charge in [-0.2, -0.15) is 5.10 Å². The van der Waals surface area contributed by atoms with Gasteiger partial charge in [0.2, 0.25) is 0 Å². The number of hydrogen-bond acceptors (Lipinski definition) is 3. The van der Waals surface area contributed by atoms with Crippen LogP contribution in [0.4, 0.5) is 0 Å². The van der Waals surface area contributed by atoms with Crippen molar-refractivity contribution in [3.05, 3.63) is 35.7 Å². The molecular formula is C7H4ClN4. The Morgan fingerprint density at radius 1 is 1.33 bits per heavy atom. The van der Waals surface area contributed by atoms with Crippen LogP contribution in [0.25, 0.3) is 5.82 Å². The summed E-state index contributed by atoms with van der Waals surface area (Å²) < 4.78 is 1.56. The van der Waals surface area contributed by atoms with E-state index >= 15 is 0 Å². The summed E-state index contributed by atoms with van der Waals surface area (Å²) in [7, 11) is 0. The van der Waals surface area contributed by atoms with Crippen molar-refractivity contribution in [1.29, 1.82) is 0 Å². The molecule has 4 nitrogen and oxygen atoms in total. The third kappa shape index (κ3) is 1.29. The number of halogens is 1. The smallest absolute Gasteiger partial charge is 0.175 e. The number of hydrogen-bond donors (Lipinski definition) is 0. The molecule has 12 heavy (non-hydrogen) atoms. The Labute approximate surface area is 73.8 Å². The van der Waals surface area contributed by atoms with E-state index in [4.69, 9.17) is 11.6 Å². The van der Waals surface area contributed by atoms with E-state index in [9.17, 15) is 0 Å². The highest BCUT2D eigenvalue weighted by atomic mass is 35.5. The van der Waals surface area contributed by atoms with Crippen LogP contribution >= 0.6 is 11.6 Å². The van der Waals surface area contributed by atoms with Gasteiger partial charge in [0.1, 0.15) is 0 Å². The number of rotatable bonds is 1. The largest absolute Gasteiger partial charge is 0.220 e. The second-order valence-electron chi connectivity index (χ2n) is 2.10. The van der Waals surface area contributed by atoms with E-state index in [-0.39, 0.29) is 0 Å². The molecule has 0 fully saturated rings. The van der Waals surface area contributed by atoms with E-state index in [0.29, 0.717) is 11.0 Å². The summed E-state index contributed by atoms with van der Waals surface area (Å²) in [6, 6.07) is 6.18. The molecule has 2 heterocycles. The van der Waals surface area contributed by atoms with Crippen molar-refractivity contribution in [3.63, 3.8) is 0 Å². The van der Waals surface area contributed by atoms with Crippen LogP contribution in [0, 0.1) is 6.07 Å². The fourth-order valence-corrected chi connectivity index (χ4v) is 0.890. The monoisotopic (exact) mass is 179 g/mol. The zero-order chi connectivity index (χ0) is 8.39. The fraction of sp³-hybridized carbons (Fsp3) is 0. The van der Waals surface area contributed by atoms with Crippen LogP contribution < -0.4 is 0 Å². The van der Waals surface area contributed by atoms with Crippen molar-refractivity contribution in [1.82, 2.24) is 20.0 Å². The maximum atomic E-state index is 5.56. The van der Waals surface area contributed by atoms with Crippen LogP contribution in [0.1, 0.15) is 0 Å². The second kappa shape index (κ2) is 2.91. The van der Waals surface area contributed by atoms with E-state index in [1.807, 2.05) is 0 Å². The molecule has 0 amide bonds. The van der Waals surface area contributed by atoms with Gasteiger partial charge >= 0.3 is 0 Å². The van der Waals surface area contributed by atoms with Gasteiger partial charge in [-0.15, -0.1) is 10.2 Å². The normalized spacial score (nSPS) is 10.1. The third-order valence-corrected chi connectivity index (χ3v) is 1.51. The zero-order valence-corrected chi connectivity index (χ0v) is 6.73. The predicted octanol–water partition coefficient (Wildman–Crippen LogP) is 1.12. The lowest BCUT2D eigenvalue weighted by atomic mass is 10.5. The molecule has 1 radical (unpaired) electrons. The van der Waals surface area contributed by atoms with Gasteiger partial charge in [-0.25, -0.2) is 4.68 Å². The maximum absolute atomic E-state index is 5.56.